The van der Waals surface area contributed by atoms with Crippen LogP contribution in [-0.4, -0.2) is 34.4 Å². The molecule has 1 aromatic rings. The molecule has 0 saturated carbocycles. The molecule has 1 saturated heterocycles. The molecule has 2 atom stereocenters. The molecule has 0 aromatic carbocycles. The fraction of sp³-hybridized carbons (Fsp3) is 0.625. The van der Waals surface area contributed by atoms with E-state index in [0.717, 1.165) is 25.1 Å². The second kappa shape index (κ2) is 6.84. The SMILES string of the molecule is CC1CCNC(C(=O)N(Cc2ccccn2)C(C)C)C1. The molecule has 2 unspecified atom stereocenters. The Morgan fingerprint density at radius 1 is 1.50 bits per heavy atom. The summed E-state index contributed by atoms with van der Waals surface area (Å²) in [7, 11) is 0. The lowest BCUT2D eigenvalue weighted by Gasteiger charge is -2.34. The minimum absolute atomic E-state index is 0.0372. The molecule has 110 valence electrons. The van der Waals surface area contributed by atoms with E-state index in [2.05, 4.69) is 31.1 Å². The van der Waals surface area contributed by atoms with E-state index in [0.29, 0.717) is 12.5 Å². The van der Waals surface area contributed by atoms with Gasteiger partial charge in [0, 0.05) is 12.2 Å². The van der Waals surface area contributed by atoms with E-state index in [4.69, 9.17) is 0 Å². The van der Waals surface area contributed by atoms with Crippen molar-refractivity contribution in [3.05, 3.63) is 30.1 Å². The predicted molar refractivity (Wildman–Crippen MR) is 80.1 cm³/mol. The Labute approximate surface area is 121 Å². The molecule has 2 rings (SSSR count). The smallest absolute Gasteiger partial charge is 0.240 e. The van der Waals surface area contributed by atoms with Gasteiger partial charge in [-0.1, -0.05) is 13.0 Å². The number of hydrogen-bond donors (Lipinski definition) is 1. The second-order valence-electron chi connectivity index (χ2n) is 6.02. The Hall–Kier alpha value is -1.42. The Balaban J connectivity index is 2.06. The number of carbonyl (C=O) groups is 1. The van der Waals surface area contributed by atoms with Gasteiger partial charge in [0.2, 0.25) is 5.91 Å². The minimum atomic E-state index is -0.0372. The summed E-state index contributed by atoms with van der Waals surface area (Å²) >= 11 is 0. The van der Waals surface area contributed by atoms with Crippen molar-refractivity contribution in [3.8, 4) is 0 Å². The Bertz CT molecular complexity index is 433. The van der Waals surface area contributed by atoms with Crippen LogP contribution in [0.2, 0.25) is 0 Å². The number of piperidine rings is 1. The topological polar surface area (TPSA) is 45.2 Å². The van der Waals surface area contributed by atoms with E-state index in [-0.39, 0.29) is 18.0 Å². The molecule has 20 heavy (non-hydrogen) atoms. The first-order chi connectivity index (χ1) is 9.58. The average molecular weight is 275 g/mol. The number of amides is 1. The van der Waals surface area contributed by atoms with E-state index in [1.807, 2.05) is 23.1 Å². The van der Waals surface area contributed by atoms with Crippen LogP contribution >= 0.6 is 0 Å². The summed E-state index contributed by atoms with van der Waals surface area (Å²) in [6, 6.07) is 5.98. The largest absolute Gasteiger partial charge is 0.333 e. The second-order valence-corrected chi connectivity index (χ2v) is 6.02. The summed E-state index contributed by atoms with van der Waals surface area (Å²) in [4.78, 5) is 19.0. The van der Waals surface area contributed by atoms with Crippen LogP contribution in [0.25, 0.3) is 0 Å². The zero-order valence-corrected chi connectivity index (χ0v) is 12.7. The minimum Gasteiger partial charge on any atom is -0.333 e. The van der Waals surface area contributed by atoms with Gasteiger partial charge in [0.25, 0.3) is 0 Å². The zero-order chi connectivity index (χ0) is 14.5. The van der Waals surface area contributed by atoms with Gasteiger partial charge in [-0.15, -0.1) is 0 Å². The van der Waals surface area contributed by atoms with Crippen LogP contribution < -0.4 is 5.32 Å². The highest BCUT2D eigenvalue weighted by Crippen LogP contribution is 2.18. The van der Waals surface area contributed by atoms with Gasteiger partial charge in [0.05, 0.1) is 18.3 Å². The highest BCUT2D eigenvalue weighted by Gasteiger charge is 2.29. The van der Waals surface area contributed by atoms with Crippen molar-refractivity contribution in [2.75, 3.05) is 6.54 Å². The summed E-state index contributed by atoms with van der Waals surface area (Å²) in [5.74, 6) is 0.825. The number of nitrogens with one attached hydrogen (secondary N) is 1. The van der Waals surface area contributed by atoms with Crippen molar-refractivity contribution < 1.29 is 4.79 Å². The third-order valence-corrected chi connectivity index (χ3v) is 3.93. The lowest BCUT2D eigenvalue weighted by Crippen LogP contribution is -2.51. The maximum absolute atomic E-state index is 12.7. The number of pyridine rings is 1. The van der Waals surface area contributed by atoms with E-state index in [9.17, 15) is 4.79 Å². The molecular weight excluding hydrogens is 250 g/mol. The standard InChI is InChI=1S/C16H25N3O/c1-12(2)19(11-14-6-4-5-8-17-14)16(20)15-10-13(3)7-9-18-15/h4-6,8,12-13,15,18H,7,9-11H2,1-3H3. The summed E-state index contributed by atoms with van der Waals surface area (Å²) in [6.45, 7) is 7.87. The van der Waals surface area contributed by atoms with Gasteiger partial charge in [-0.05, 0) is 51.3 Å². The quantitative estimate of drug-likeness (QED) is 0.916. The third kappa shape index (κ3) is 3.79. The van der Waals surface area contributed by atoms with Crippen molar-refractivity contribution in [1.29, 1.82) is 0 Å². The van der Waals surface area contributed by atoms with Crippen LogP contribution in [-0.2, 0) is 11.3 Å². The molecule has 1 N–H and O–H groups in total. The highest BCUT2D eigenvalue weighted by molar-refractivity contribution is 5.82. The number of aromatic nitrogens is 1. The number of carbonyl (C=O) groups excluding carboxylic acids is 1. The van der Waals surface area contributed by atoms with Crippen molar-refractivity contribution in [2.45, 2.75) is 52.2 Å². The lowest BCUT2D eigenvalue weighted by molar-refractivity contribution is -0.136. The van der Waals surface area contributed by atoms with E-state index in [1.54, 1.807) is 6.20 Å². The van der Waals surface area contributed by atoms with Crippen molar-refractivity contribution in [3.63, 3.8) is 0 Å². The first-order valence-electron chi connectivity index (χ1n) is 7.51. The lowest BCUT2D eigenvalue weighted by atomic mass is 9.93. The molecule has 1 amide bonds. The average Bonchev–Trinajstić information content (AvgIpc) is 2.45. The van der Waals surface area contributed by atoms with Crippen LogP contribution in [0.4, 0.5) is 0 Å². The Kier molecular flexibility index (Phi) is 5.12. The molecule has 1 aliphatic heterocycles. The molecule has 0 radical (unpaired) electrons. The van der Waals surface area contributed by atoms with Crippen molar-refractivity contribution >= 4 is 5.91 Å². The fourth-order valence-corrected chi connectivity index (χ4v) is 2.68. The van der Waals surface area contributed by atoms with Gasteiger partial charge in [-0.25, -0.2) is 0 Å². The normalized spacial score (nSPS) is 22.8. The van der Waals surface area contributed by atoms with Gasteiger partial charge in [-0.2, -0.15) is 0 Å². The van der Waals surface area contributed by atoms with Crippen LogP contribution in [0.5, 0.6) is 0 Å². The molecule has 1 aliphatic rings. The van der Waals surface area contributed by atoms with Crippen LogP contribution in [0.3, 0.4) is 0 Å². The first-order valence-corrected chi connectivity index (χ1v) is 7.51. The molecule has 2 heterocycles. The van der Waals surface area contributed by atoms with E-state index >= 15 is 0 Å². The van der Waals surface area contributed by atoms with Crippen molar-refractivity contribution in [2.24, 2.45) is 5.92 Å². The first kappa shape index (κ1) is 15.0. The third-order valence-electron chi connectivity index (χ3n) is 3.93. The fourth-order valence-electron chi connectivity index (χ4n) is 2.68. The number of hydrogen-bond acceptors (Lipinski definition) is 3. The molecule has 0 bridgehead atoms. The molecule has 4 nitrogen and oxygen atoms in total. The van der Waals surface area contributed by atoms with Crippen LogP contribution in [0.1, 0.15) is 39.3 Å². The van der Waals surface area contributed by atoms with Gasteiger partial charge < -0.3 is 10.2 Å². The summed E-state index contributed by atoms with van der Waals surface area (Å²) in [5, 5.41) is 3.36. The summed E-state index contributed by atoms with van der Waals surface area (Å²) in [5.41, 5.74) is 0.943. The zero-order valence-electron chi connectivity index (χ0n) is 12.7. The summed E-state index contributed by atoms with van der Waals surface area (Å²) in [6.07, 6.45) is 3.87. The molecule has 4 heteroatoms. The van der Waals surface area contributed by atoms with E-state index in [1.165, 1.54) is 0 Å². The van der Waals surface area contributed by atoms with Crippen molar-refractivity contribution in [1.82, 2.24) is 15.2 Å². The van der Waals surface area contributed by atoms with Gasteiger partial charge in [-0.3, -0.25) is 9.78 Å². The van der Waals surface area contributed by atoms with Crippen LogP contribution in [0, 0.1) is 5.92 Å². The van der Waals surface area contributed by atoms with Crippen LogP contribution in [0.15, 0.2) is 24.4 Å². The molecule has 1 aromatic heterocycles. The highest BCUT2D eigenvalue weighted by atomic mass is 16.2. The van der Waals surface area contributed by atoms with Gasteiger partial charge in [0.15, 0.2) is 0 Å². The number of rotatable bonds is 4. The predicted octanol–water partition coefficient (Wildman–Crippen LogP) is 2.21. The van der Waals surface area contributed by atoms with Gasteiger partial charge >= 0.3 is 0 Å². The summed E-state index contributed by atoms with van der Waals surface area (Å²) < 4.78 is 0. The Morgan fingerprint density at radius 3 is 2.90 bits per heavy atom. The van der Waals surface area contributed by atoms with Gasteiger partial charge in [0.1, 0.15) is 0 Å². The van der Waals surface area contributed by atoms with E-state index < -0.39 is 0 Å². The monoisotopic (exact) mass is 275 g/mol. The molecule has 0 spiro atoms. The molecule has 1 fully saturated rings. The maximum atomic E-state index is 12.7. The molecular formula is C16H25N3O. The number of nitrogens with zero attached hydrogens (tertiary/aromatic N) is 2. The maximum Gasteiger partial charge on any atom is 0.240 e. The molecule has 0 aliphatic carbocycles. The Morgan fingerprint density at radius 2 is 2.30 bits per heavy atom.